The number of rotatable bonds is 6. The van der Waals surface area contributed by atoms with Crippen LogP contribution in [0.15, 0.2) is 0 Å². The van der Waals surface area contributed by atoms with Gasteiger partial charge in [-0.3, -0.25) is 4.90 Å². The van der Waals surface area contributed by atoms with Crippen LogP contribution >= 0.6 is 0 Å². The van der Waals surface area contributed by atoms with E-state index in [2.05, 4.69) is 29.0 Å². The van der Waals surface area contributed by atoms with Gasteiger partial charge in [-0.2, -0.15) is 0 Å². The molecule has 0 aromatic carbocycles. The van der Waals surface area contributed by atoms with E-state index in [9.17, 15) is 0 Å². The van der Waals surface area contributed by atoms with Crippen molar-refractivity contribution in [3.63, 3.8) is 0 Å². The molecule has 1 aliphatic heterocycles. The first-order valence-corrected chi connectivity index (χ1v) is 7.52. The number of hydrogen-bond donors (Lipinski definition) is 1. The highest BCUT2D eigenvalue weighted by molar-refractivity contribution is 4.91. The molecule has 2 atom stereocenters. The molecule has 1 saturated carbocycles. The zero-order valence-corrected chi connectivity index (χ0v) is 11.6. The summed E-state index contributed by atoms with van der Waals surface area (Å²) >= 11 is 0. The van der Waals surface area contributed by atoms with Crippen LogP contribution in [0.2, 0.25) is 0 Å². The first-order valence-electron chi connectivity index (χ1n) is 7.52. The summed E-state index contributed by atoms with van der Waals surface area (Å²) in [5.41, 5.74) is 0. The van der Waals surface area contributed by atoms with Gasteiger partial charge in [0.2, 0.25) is 0 Å². The average molecular weight is 239 g/mol. The second kappa shape index (κ2) is 6.72. The second-order valence-electron chi connectivity index (χ2n) is 5.58. The van der Waals surface area contributed by atoms with E-state index >= 15 is 0 Å². The molecule has 1 N–H and O–H groups in total. The van der Waals surface area contributed by atoms with Gasteiger partial charge in [0.05, 0.1) is 0 Å². The third kappa shape index (κ3) is 3.43. The molecule has 2 rings (SSSR count). The Bertz CT molecular complexity index is 212. The van der Waals surface area contributed by atoms with E-state index < -0.39 is 0 Å². The van der Waals surface area contributed by atoms with Gasteiger partial charge in [0, 0.05) is 32.2 Å². The molecule has 0 spiro atoms. The lowest BCUT2D eigenvalue weighted by Gasteiger charge is -2.47. The Morgan fingerprint density at radius 2 is 1.82 bits per heavy atom. The lowest BCUT2D eigenvalue weighted by molar-refractivity contribution is 0.0225. The fraction of sp³-hybridized carbons (Fsp3) is 1.00. The van der Waals surface area contributed by atoms with E-state index in [1.165, 1.54) is 65.1 Å². The summed E-state index contributed by atoms with van der Waals surface area (Å²) < 4.78 is 0. The summed E-state index contributed by atoms with van der Waals surface area (Å²) in [5.74, 6) is 0.926. The third-order valence-corrected chi connectivity index (χ3v) is 4.53. The quantitative estimate of drug-likeness (QED) is 0.707. The van der Waals surface area contributed by atoms with Crippen LogP contribution in [0.3, 0.4) is 0 Å². The molecule has 2 unspecified atom stereocenters. The lowest BCUT2D eigenvalue weighted by atomic mass is 9.78. The van der Waals surface area contributed by atoms with Crippen LogP contribution in [0, 0.1) is 5.92 Å². The molecule has 3 nitrogen and oxygen atoms in total. The molecule has 0 aromatic heterocycles. The molecule has 1 heterocycles. The van der Waals surface area contributed by atoms with E-state index in [1.54, 1.807) is 0 Å². The van der Waals surface area contributed by atoms with Gasteiger partial charge in [0.25, 0.3) is 0 Å². The fourth-order valence-corrected chi connectivity index (χ4v) is 3.15. The van der Waals surface area contributed by atoms with Crippen LogP contribution in [0.1, 0.15) is 33.1 Å². The summed E-state index contributed by atoms with van der Waals surface area (Å²) in [4.78, 5) is 5.31. The zero-order chi connectivity index (χ0) is 12.1. The predicted molar refractivity (Wildman–Crippen MR) is 73.4 cm³/mol. The van der Waals surface area contributed by atoms with Crippen molar-refractivity contribution in [1.29, 1.82) is 0 Å². The highest BCUT2D eigenvalue weighted by atomic mass is 15.3. The van der Waals surface area contributed by atoms with Crippen LogP contribution in [-0.2, 0) is 0 Å². The van der Waals surface area contributed by atoms with Crippen molar-refractivity contribution < 1.29 is 0 Å². The maximum absolute atomic E-state index is 3.59. The minimum absolute atomic E-state index is 0.887. The molecule has 100 valence electrons. The smallest absolute Gasteiger partial charge is 0.0137 e. The molecule has 1 saturated heterocycles. The van der Waals surface area contributed by atoms with Gasteiger partial charge in [0.1, 0.15) is 0 Å². The molecule has 0 radical (unpaired) electrons. The summed E-state index contributed by atoms with van der Waals surface area (Å²) in [6.45, 7) is 13.3. The number of nitrogens with one attached hydrogen (secondary N) is 1. The van der Waals surface area contributed by atoms with E-state index in [0.29, 0.717) is 0 Å². The summed E-state index contributed by atoms with van der Waals surface area (Å²) in [5, 5.41) is 3.59. The molecule has 0 aromatic rings. The molecule has 17 heavy (non-hydrogen) atoms. The first kappa shape index (κ1) is 13.3. The largest absolute Gasteiger partial charge is 0.316 e. The van der Waals surface area contributed by atoms with Gasteiger partial charge in [0.15, 0.2) is 0 Å². The van der Waals surface area contributed by atoms with Crippen LogP contribution in [0.25, 0.3) is 0 Å². The number of nitrogens with zero attached hydrogens (tertiary/aromatic N) is 2. The Kier molecular flexibility index (Phi) is 5.26. The molecule has 0 bridgehead atoms. The molecular formula is C14H29N3. The Morgan fingerprint density at radius 1 is 1.06 bits per heavy atom. The van der Waals surface area contributed by atoms with Crippen molar-refractivity contribution in [3.8, 4) is 0 Å². The number of hydrogen-bond acceptors (Lipinski definition) is 3. The van der Waals surface area contributed by atoms with Gasteiger partial charge >= 0.3 is 0 Å². The zero-order valence-electron chi connectivity index (χ0n) is 11.6. The van der Waals surface area contributed by atoms with Gasteiger partial charge in [-0.1, -0.05) is 13.8 Å². The summed E-state index contributed by atoms with van der Waals surface area (Å²) in [6, 6.07) is 0.887. The average Bonchev–Trinajstić information content (AvgIpc) is 2.34. The molecule has 3 heteroatoms. The Hall–Kier alpha value is -0.120. The van der Waals surface area contributed by atoms with E-state index in [0.717, 1.165) is 12.0 Å². The van der Waals surface area contributed by atoms with Crippen molar-refractivity contribution in [1.82, 2.24) is 15.1 Å². The second-order valence-corrected chi connectivity index (χ2v) is 5.58. The Morgan fingerprint density at radius 3 is 2.35 bits per heavy atom. The number of likely N-dealkylation sites (N-methyl/N-ethyl adjacent to an activating group) is 1. The summed E-state index contributed by atoms with van der Waals surface area (Å²) in [6.07, 6.45) is 4.13. The van der Waals surface area contributed by atoms with Crippen LogP contribution in [0.4, 0.5) is 0 Å². The van der Waals surface area contributed by atoms with Gasteiger partial charge in [-0.15, -0.1) is 0 Å². The van der Waals surface area contributed by atoms with Crippen molar-refractivity contribution in [2.45, 2.75) is 39.2 Å². The minimum atomic E-state index is 0.887. The maximum atomic E-state index is 3.59. The topological polar surface area (TPSA) is 18.5 Å². The molecule has 0 amide bonds. The van der Waals surface area contributed by atoms with E-state index in [1.807, 2.05) is 0 Å². The van der Waals surface area contributed by atoms with Crippen molar-refractivity contribution in [3.05, 3.63) is 0 Å². The van der Waals surface area contributed by atoms with Crippen LogP contribution < -0.4 is 5.32 Å². The van der Waals surface area contributed by atoms with E-state index in [4.69, 9.17) is 0 Å². The standard InChI is InChI=1S/C14H29N3/c1-3-7-15-12-13-5-6-14(13)17-10-8-16(4-2)9-11-17/h13-15H,3-12H2,1-2H3. The third-order valence-electron chi connectivity index (χ3n) is 4.53. The molecule has 2 aliphatic rings. The van der Waals surface area contributed by atoms with Crippen LogP contribution in [-0.4, -0.2) is 61.7 Å². The normalized spacial score (nSPS) is 31.4. The van der Waals surface area contributed by atoms with Gasteiger partial charge in [-0.25, -0.2) is 0 Å². The van der Waals surface area contributed by atoms with Crippen molar-refractivity contribution >= 4 is 0 Å². The fourth-order valence-electron chi connectivity index (χ4n) is 3.15. The maximum Gasteiger partial charge on any atom is 0.0137 e. The first-order chi connectivity index (χ1) is 8.35. The van der Waals surface area contributed by atoms with Crippen LogP contribution in [0.5, 0.6) is 0 Å². The summed E-state index contributed by atoms with van der Waals surface area (Å²) in [7, 11) is 0. The van der Waals surface area contributed by atoms with Gasteiger partial charge < -0.3 is 10.2 Å². The van der Waals surface area contributed by atoms with E-state index in [-0.39, 0.29) is 0 Å². The number of piperazine rings is 1. The molecular weight excluding hydrogens is 210 g/mol. The molecule has 1 aliphatic carbocycles. The Balaban J connectivity index is 1.68. The highest BCUT2D eigenvalue weighted by Gasteiger charge is 2.35. The highest BCUT2D eigenvalue weighted by Crippen LogP contribution is 2.32. The Labute approximate surface area is 107 Å². The minimum Gasteiger partial charge on any atom is -0.316 e. The predicted octanol–water partition coefficient (Wildman–Crippen LogP) is 1.40. The van der Waals surface area contributed by atoms with Crippen molar-refractivity contribution in [2.75, 3.05) is 45.8 Å². The monoisotopic (exact) mass is 239 g/mol. The van der Waals surface area contributed by atoms with Gasteiger partial charge in [-0.05, 0) is 44.8 Å². The lowest BCUT2D eigenvalue weighted by Crippen LogP contribution is -2.56. The van der Waals surface area contributed by atoms with Crippen molar-refractivity contribution in [2.24, 2.45) is 5.92 Å². The SMILES string of the molecule is CCCNCC1CCC1N1CCN(CC)CC1. The molecule has 2 fully saturated rings.